The van der Waals surface area contributed by atoms with Gasteiger partial charge in [0.15, 0.2) is 0 Å². The molecule has 1 aromatic carbocycles. The topological polar surface area (TPSA) is 9.23 Å². The highest BCUT2D eigenvalue weighted by atomic mass is 79.9. The third-order valence-electron chi connectivity index (χ3n) is 3.24. The van der Waals surface area contributed by atoms with Crippen molar-refractivity contribution in [3.05, 3.63) is 34.9 Å². The Balaban J connectivity index is 1.96. The van der Waals surface area contributed by atoms with Crippen LogP contribution in [-0.4, -0.2) is 17.5 Å². The molecule has 88 valence electrons. The van der Waals surface area contributed by atoms with Gasteiger partial charge in [0, 0.05) is 16.5 Å². The second kappa shape index (κ2) is 5.52. The van der Waals surface area contributed by atoms with E-state index in [9.17, 15) is 0 Å². The molecular formula is C13H16BrClO. The summed E-state index contributed by atoms with van der Waals surface area (Å²) in [6.45, 7) is 3.06. The van der Waals surface area contributed by atoms with Gasteiger partial charge in [0.25, 0.3) is 0 Å². The van der Waals surface area contributed by atoms with Gasteiger partial charge in [-0.3, -0.25) is 0 Å². The van der Waals surface area contributed by atoms with Crippen molar-refractivity contribution < 1.29 is 4.74 Å². The van der Waals surface area contributed by atoms with Gasteiger partial charge in [-0.2, -0.15) is 0 Å². The molecule has 1 aromatic rings. The van der Waals surface area contributed by atoms with E-state index in [0.717, 1.165) is 24.5 Å². The van der Waals surface area contributed by atoms with Crippen molar-refractivity contribution in [3.8, 4) is 0 Å². The fourth-order valence-corrected chi connectivity index (χ4v) is 3.41. The molecule has 3 unspecified atom stereocenters. The molecule has 1 fully saturated rings. The van der Waals surface area contributed by atoms with E-state index in [0.29, 0.717) is 16.8 Å². The second-order valence-corrected chi connectivity index (χ2v) is 5.99. The number of benzene rings is 1. The molecule has 0 aliphatic carbocycles. The van der Waals surface area contributed by atoms with Crippen LogP contribution in [0, 0.1) is 5.92 Å². The van der Waals surface area contributed by atoms with Crippen LogP contribution in [0.25, 0.3) is 0 Å². The minimum absolute atomic E-state index is 0.372. The normalized spacial score (nSPS) is 26.9. The third-order valence-corrected chi connectivity index (χ3v) is 4.50. The van der Waals surface area contributed by atoms with Crippen molar-refractivity contribution in [2.24, 2.45) is 5.92 Å². The van der Waals surface area contributed by atoms with E-state index in [-0.39, 0.29) is 0 Å². The predicted molar refractivity (Wildman–Crippen MR) is 71.4 cm³/mol. The summed E-state index contributed by atoms with van der Waals surface area (Å²) in [5.74, 6) is 0.621. The van der Waals surface area contributed by atoms with Crippen molar-refractivity contribution in [3.63, 3.8) is 0 Å². The lowest BCUT2D eigenvalue weighted by Gasteiger charge is -2.20. The molecule has 1 nitrogen and oxygen atoms in total. The number of rotatable bonds is 3. The third kappa shape index (κ3) is 2.99. The molecule has 0 saturated carbocycles. The van der Waals surface area contributed by atoms with E-state index in [1.54, 1.807) is 0 Å². The first kappa shape index (κ1) is 12.4. The van der Waals surface area contributed by atoms with Crippen molar-refractivity contribution >= 4 is 27.5 Å². The average Bonchev–Trinajstić information content (AvgIpc) is 2.68. The van der Waals surface area contributed by atoms with E-state index in [2.05, 4.69) is 35.0 Å². The zero-order valence-corrected chi connectivity index (χ0v) is 11.7. The molecule has 2 rings (SSSR count). The first-order chi connectivity index (χ1) is 7.66. The molecule has 1 saturated heterocycles. The van der Waals surface area contributed by atoms with Gasteiger partial charge < -0.3 is 4.74 Å². The molecule has 1 heterocycles. The minimum atomic E-state index is 0.372. The summed E-state index contributed by atoms with van der Waals surface area (Å²) in [4.78, 5) is 0.492. The Hall–Kier alpha value is -0.0500. The smallest absolute Gasteiger partial charge is 0.0586 e. The van der Waals surface area contributed by atoms with Crippen LogP contribution in [0.15, 0.2) is 24.3 Å². The Morgan fingerprint density at radius 2 is 2.12 bits per heavy atom. The van der Waals surface area contributed by atoms with Crippen molar-refractivity contribution in [2.45, 2.75) is 30.7 Å². The molecule has 0 radical (unpaired) electrons. The highest BCUT2D eigenvalue weighted by Gasteiger charge is 2.30. The van der Waals surface area contributed by atoms with Gasteiger partial charge in [0.2, 0.25) is 0 Å². The zero-order chi connectivity index (χ0) is 11.5. The van der Waals surface area contributed by atoms with Gasteiger partial charge in [-0.15, -0.1) is 0 Å². The van der Waals surface area contributed by atoms with E-state index in [1.165, 1.54) is 5.56 Å². The zero-order valence-electron chi connectivity index (χ0n) is 9.33. The van der Waals surface area contributed by atoms with Crippen LogP contribution in [0.2, 0.25) is 5.02 Å². The Morgan fingerprint density at radius 1 is 1.44 bits per heavy atom. The number of halogens is 2. The maximum Gasteiger partial charge on any atom is 0.0586 e. The molecule has 0 spiro atoms. The van der Waals surface area contributed by atoms with Gasteiger partial charge >= 0.3 is 0 Å². The van der Waals surface area contributed by atoms with E-state index >= 15 is 0 Å². The summed E-state index contributed by atoms with van der Waals surface area (Å²) in [6, 6.07) is 8.09. The summed E-state index contributed by atoms with van der Waals surface area (Å²) in [7, 11) is 0. The quantitative estimate of drug-likeness (QED) is 0.765. The predicted octanol–water partition coefficient (Wildman–Crippen LogP) is 4.07. The van der Waals surface area contributed by atoms with Crippen LogP contribution in [0.3, 0.4) is 0 Å². The van der Waals surface area contributed by atoms with Crippen LogP contribution < -0.4 is 0 Å². The molecule has 16 heavy (non-hydrogen) atoms. The summed E-state index contributed by atoms with van der Waals surface area (Å²) in [6.07, 6.45) is 2.57. The number of ether oxygens (including phenoxy) is 1. The van der Waals surface area contributed by atoms with E-state index < -0.39 is 0 Å². The minimum Gasteiger partial charge on any atom is -0.378 e. The van der Waals surface area contributed by atoms with Gasteiger partial charge in [0.1, 0.15) is 0 Å². The lowest BCUT2D eigenvalue weighted by atomic mass is 9.94. The SMILES string of the molecule is CC1OCCC1C(Br)Cc1ccc(Cl)cc1. The van der Waals surface area contributed by atoms with Crippen LogP contribution in [-0.2, 0) is 11.2 Å². The molecular weight excluding hydrogens is 287 g/mol. The number of alkyl halides is 1. The Labute approximate surface area is 110 Å². The molecule has 0 amide bonds. The molecule has 1 aliphatic heterocycles. The monoisotopic (exact) mass is 302 g/mol. The summed E-state index contributed by atoms with van der Waals surface area (Å²) >= 11 is 9.65. The fourth-order valence-electron chi connectivity index (χ4n) is 2.22. The lowest BCUT2D eigenvalue weighted by molar-refractivity contribution is 0.105. The van der Waals surface area contributed by atoms with Crippen molar-refractivity contribution in [1.82, 2.24) is 0 Å². The summed E-state index contributed by atoms with van der Waals surface area (Å²) in [5.41, 5.74) is 1.32. The summed E-state index contributed by atoms with van der Waals surface area (Å²) in [5, 5.41) is 0.799. The van der Waals surface area contributed by atoms with Crippen LogP contribution in [0.5, 0.6) is 0 Å². The fraction of sp³-hybridized carbons (Fsp3) is 0.538. The highest BCUT2D eigenvalue weighted by Crippen LogP contribution is 2.30. The lowest BCUT2D eigenvalue weighted by Crippen LogP contribution is -2.23. The van der Waals surface area contributed by atoms with Crippen LogP contribution >= 0.6 is 27.5 Å². The number of hydrogen-bond donors (Lipinski definition) is 0. The first-order valence-corrected chi connectivity index (χ1v) is 6.96. The standard InChI is InChI=1S/C13H16BrClO/c1-9-12(6-7-16-9)13(14)8-10-2-4-11(15)5-3-10/h2-5,9,12-13H,6-8H2,1H3. The molecule has 3 atom stereocenters. The molecule has 0 bridgehead atoms. The second-order valence-electron chi connectivity index (χ2n) is 4.38. The average molecular weight is 304 g/mol. The largest absolute Gasteiger partial charge is 0.378 e. The highest BCUT2D eigenvalue weighted by molar-refractivity contribution is 9.09. The molecule has 1 aliphatic rings. The van der Waals surface area contributed by atoms with Crippen molar-refractivity contribution in [2.75, 3.05) is 6.61 Å². The van der Waals surface area contributed by atoms with Gasteiger partial charge in [0.05, 0.1) is 6.10 Å². The van der Waals surface area contributed by atoms with E-state index in [1.807, 2.05) is 12.1 Å². The maximum absolute atomic E-state index is 5.87. The molecule has 0 N–H and O–H groups in total. The Kier molecular flexibility index (Phi) is 4.28. The van der Waals surface area contributed by atoms with Gasteiger partial charge in [-0.05, 0) is 43.4 Å². The number of hydrogen-bond acceptors (Lipinski definition) is 1. The van der Waals surface area contributed by atoms with Crippen LogP contribution in [0.1, 0.15) is 18.9 Å². The molecule has 3 heteroatoms. The summed E-state index contributed by atoms with van der Waals surface area (Å²) < 4.78 is 5.59. The maximum atomic E-state index is 5.87. The van der Waals surface area contributed by atoms with E-state index in [4.69, 9.17) is 16.3 Å². The molecule has 0 aromatic heterocycles. The van der Waals surface area contributed by atoms with Gasteiger partial charge in [-0.1, -0.05) is 39.7 Å². The Morgan fingerprint density at radius 3 is 2.69 bits per heavy atom. The Bertz CT molecular complexity index is 338. The van der Waals surface area contributed by atoms with Crippen molar-refractivity contribution in [1.29, 1.82) is 0 Å². The van der Waals surface area contributed by atoms with Crippen LogP contribution in [0.4, 0.5) is 0 Å². The first-order valence-electron chi connectivity index (χ1n) is 5.67. The van der Waals surface area contributed by atoms with Gasteiger partial charge in [-0.25, -0.2) is 0 Å².